The predicted molar refractivity (Wildman–Crippen MR) is 106 cm³/mol. The van der Waals surface area contributed by atoms with Crippen molar-refractivity contribution in [2.75, 3.05) is 50.2 Å². The molecule has 2 heterocycles. The Labute approximate surface area is 170 Å². The number of carbonyl (C=O) groups excluding carboxylic acids is 1. The summed E-state index contributed by atoms with van der Waals surface area (Å²) in [7, 11) is 3.37. The normalized spacial score (nSPS) is 15.1. The quantitative estimate of drug-likeness (QED) is 0.550. The summed E-state index contributed by atoms with van der Waals surface area (Å²) in [5.41, 5.74) is -2.70. The van der Waals surface area contributed by atoms with Crippen LogP contribution in [0, 0.1) is 16.0 Å². The maximum atomic E-state index is 13.7. The number of hydrogen-bond donors (Lipinski definition) is 0. The Morgan fingerprint density at radius 3 is 2.33 bits per heavy atom. The average Bonchev–Trinajstić information content (AvgIpc) is 2.68. The number of carbonyl (C=O) groups is 1. The summed E-state index contributed by atoms with van der Waals surface area (Å²) in [5, 5.41) is 12.8. The third-order valence-corrected chi connectivity index (χ3v) is 5.00. The maximum Gasteiger partial charge on any atom is 0.438 e. The molecule has 1 saturated heterocycles. The van der Waals surface area contributed by atoms with Gasteiger partial charge in [0.25, 0.3) is 5.52 Å². The lowest BCUT2D eigenvalue weighted by Gasteiger charge is -2.32. The van der Waals surface area contributed by atoms with Gasteiger partial charge < -0.3 is 24.5 Å². The van der Waals surface area contributed by atoms with Crippen LogP contribution in [-0.4, -0.2) is 50.9 Å². The number of Topliss-reactive ketones (excluding diaryl/α,β-unsaturated/α-hetero) is 1. The van der Waals surface area contributed by atoms with Crippen LogP contribution in [0.2, 0.25) is 0 Å². The first-order valence-corrected chi connectivity index (χ1v) is 9.43. The van der Waals surface area contributed by atoms with Crippen molar-refractivity contribution in [1.82, 2.24) is 4.73 Å². The number of nitrogens with zero attached hydrogens (tertiary/aromatic N) is 4. The molecule has 164 valence electrons. The van der Waals surface area contributed by atoms with Gasteiger partial charge in [0.2, 0.25) is 11.5 Å². The molecule has 0 atom stereocenters. The SMILES string of the molecule is CC(C)C(=O)c1c(C(F)(F)F)n([O-])c2cc(N(C)C)c(N3CCOCC3)cc2[n+]1=O. The lowest BCUT2D eigenvalue weighted by molar-refractivity contribution is -0.470. The second-order valence-corrected chi connectivity index (χ2v) is 7.63. The number of aromatic nitrogens is 2. The minimum atomic E-state index is -5.18. The first-order chi connectivity index (χ1) is 13.9. The number of fused-ring (bicyclic) bond motifs is 1. The van der Waals surface area contributed by atoms with Crippen LogP contribution in [0.5, 0.6) is 0 Å². The summed E-state index contributed by atoms with van der Waals surface area (Å²) in [6, 6.07) is 2.62. The van der Waals surface area contributed by atoms with Crippen LogP contribution in [0.3, 0.4) is 0 Å². The maximum absolute atomic E-state index is 13.7. The van der Waals surface area contributed by atoms with Crippen molar-refractivity contribution in [3.8, 4) is 0 Å². The van der Waals surface area contributed by atoms with Gasteiger partial charge in [-0.3, -0.25) is 4.79 Å². The Bertz CT molecular complexity index is 1040. The van der Waals surface area contributed by atoms with Crippen molar-refractivity contribution in [3.05, 3.63) is 33.6 Å². The fourth-order valence-electron chi connectivity index (χ4n) is 3.47. The molecule has 0 amide bonds. The second-order valence-electron chi connectivity index (χ2n) is 7.63. The summed E-state index contributed by atoms with van der Waals surface area (Å²) in [4.78, 5) is 29.1. The molecule has 1 aliphatic heterocycles. The van der Waals surface area contributed by atoms with Gasteiger partial charge in [-0.1, -0.05) is 13.8 Å². The van der Waals surface area contributed by atoms with E-state index in [4.69, 9.17) is 4.74 Å². The monoisotopic (exact) mass is 428 g/mol. The van der Waals surface area contributed by atoms with E-state index in [1.807, 2.05) is 4.90 Å². The van der Waals surface area contributed by atoms with Crippen molar-refractivity contribution in [1.29, 1.82) is 0 Å². The van der Waals surface area contributed by atoms with Gasteiger partial charge >= 0.3 is 11.9 Å². The Morgan fingerprint density at radius 2 is 1.83 bits per heavy atom. The number of hydrogen-bond acceptors (Lipinski definition) is 6. The van der Waals surface area contributed by atoms with Crippen LogP contribution in [-0.2, 0) is 10.9 Å². The molecule has 0 aliphatic carbocycles. The Balaban J connectivity index is 2.43. The number of benzene rings is 1. The first kappa shape index (κ1) is 21.9. The lowest BCUT2D eigenvalue weighted by atomic mass is 10.0. The third-order valence-electron chi connectivity index (χ3n) is 5.00. The summed E-state index contributed by atoms with van der Waals surface area (Å²) in [6.45, 7) is 4.68. The topological polar surface area (TPSA) is 83.7 Å². The van der Waals surface area contributed by atoms with Gasteiger partial charge in [0, 0.05) is 44.1 Å². The van der Waals surface area contributed by atoms with E-state index < -0.39 is 34.8 Å². The third kappa shape index (κ3) is 3.69. The highest BCUT2D eigenvalue weighted by Crippen LogP contribution is 2.37. The van der Waals surface area contributed by atoms with Crippen molar-refractivity contribution in [2.24, 2.45) is 5.92 Å². The van der Waals surface area contributed by atoms with Gasteiger partial charge in [0.05, 0.1) is 29.0 Å². The summed E-state index contributed by atoms with van der Waals surface area (Å²) < 4.78 is 46.1. The van der Waals surface area contributed by atoms with Gasteiger partial charge in [0.1, 0.15) is 5.52 Å². The van der Waals surface area contributed by atoms with Crippen molar-refractivity contribution < 1.29 is 27.1 Å². The van der Waals surface area contributed by atoms with E-state index in [1.54, 1.807) is 19.0 Å². The number of anilines is 2. The standard InChI is InChI=1S/C19H23F3N4O4/c1-11(2)17(27)16-18(19(20,21)22)26(29)15-9-12(23(3)4)13(10-14(15)25(16)28)24-5-7-30-8-6-24/h9-11H,5-8H2,1-4H3. The molecule has 1 aliphatic rings. The van der Waals surface area contributed by atoms with E-state index >= 15 is 0 Å². The summed E-state index contributed by atoms with van der Waals surface area (Å²) in [6.07, 6.45) is -5.18. The number of alkyl halides is 3. The number of rotatable bonds is 4. The molecule has 11 heteroatoms. The average molecular weight is 428 g/mol. The number of morpholine rings is 1. The molecule has 8 nitrogen and oxygen atoms in total. The van der Waals surface area contributed by atoms with Gasteiger partial charge in [-0.2, -0.15) is 13.2 Å². The molecular weight excluding hydrogens is 405 g/mol. The molecule has 30 heavy (non-hydrogen) atoms. The molecular formula is C19H23F3N4O4. The molecule has 0 radical (unpaired) electrons. The zero-order chi connectivity index (χ0) is 22.4. The largest absolute Gasteiger partial charge is 0.805 e. The first-order valence-electron chi connectivity index (χ1n) is 9.43. The zero-order valence-electron chi connectivity index (χ0n) is 17.1. The molecule has 3 rings (SSSR count). The highest BCUT2D eigenvalue weighted by Gasteiger charge is 2.45. The fraction of sp³-hybridized carbons (Fsp3) is 0.526. The number of ether oxygens (including phenoxy) is 1. The van der Waals surface area contributed by atoms with Crippen LogP contribution in [0.4, 0.5) is 24.5 Å². The van der Waals surface area contributed by atoms with Crippen LogP contribution in [0.25, 0.3) is 11.0 Å². The molecule has 2 aromatic rings. The molecule has 0 spiro atoms. The molecule has 1 aromatic carbocycles. The van der Waals surface area contributed by atoms with E-state index in [-0.39, 0.29) is 14.7 Å². The predicted octanol–water partition coefficient (Wildman–Crippen LogP) is 2.66. The Hall–Kier alpha value is -2.82. The van der Waals surface area contributed by atoms with Gasteiger partial charge in [-0.25, -0.2) is 0 Å². The van der Waals surface area contributed by atoms with E-state index in [0.29, 0.717) is 37.7 Å². The van der Waals surface area contributed by atoms with Gasteiger partial charge in [-0.05, 0) is 6.07 Å². The van der Waals surface area contributed by atoms with E-state index in [0.717, 1.165) is 0 Å². The van der Waals surface area contributed by atoms with E-state index in [2.05, 4.69) is 0 Å². The van der Waals surface area contributed by atoms with E-state index in [9.17, 15) is 28.1 Å². The van der Waals surface area contributed by atoms with Crippen molar-refractivity contribution >= 4 is 28.2 Å². The van der Waals surface area contributed by atoms with Crippen molar-refractivity contribution in [2.45, 2.75) is 20.0 Å². The Morgan fingerprint density at radius 1 is 1.23 bits per heavy atom. The minimum absolute atomic E-state index is 0.0573. The van der Waals surface area contributed by atoms with Crippen LogP contribution in [0.15, 0.2) is 12.1 Å². The molecule has 0 bridgehead atoms. The molecule has 0 saturated carbocycles. The molecule has 0 unspecified atom stereocenters. The zero-order valence-corrected chi connectivity index (χ0v) is 17.1. The smallest absolute Gasteiger partial charge is 0.438 e. The summed E-state index contributed by atoms with van der Waals surface area (Å²) in [5.74, 6) is -1.95. The van der Waals surface area contributed by atoms with Crippen LogP contribution < -0.4 is 14.2 Å². The van der Waals surface area contributed by atoms with Gasteiger partial charge in [0.15, 0.2) is 0 Å². The van der Waals surface area contributed by atoms with Gasteiger partial charge in [-0.15, -0.1) is 0 Å². The Kier molecular flexibility index (Phi) is 5.68. The highest BCUT2D eigenvalue weighted by molar-refractivity contribution is 5.97. The van der Waals surface area contributed by atoms with Crippen LogP contribution >= 0.6 is 0 Å². The fourth-order valence-corrected chi connectivity index (χ4v) is 3.47. The highest BCUT2D eigenvalue weighted by atomic mass is 19.4. The second kappa shape index (κ2) is 7.78. The van der Waals surface area contributed by atoms with Crippen LogP contribution in [0.1, 0.15) is 30.0 Å². The molecule has 1 aromatic heterocycles. The van der Waals surface area contributed by atoms with Crippen molar-refractivity contribution in [3.63, 3.8) is 0 Å². The number of ketones is 1. The summed E-state index contributed by atoms with van der Waals surface area (Å²) >= 11 is 0. The lowest BCUT2D eigenvalue weighted by Crippen LogP contribution is -2.38. The molecule has 0 N–H and O–H groups in total. The minimum Gasteiger partial charge on any atom is -0.805 e. The molecule has 1 fully saturated rings. The van der Waals surface area contributed by atoms with E-state index in [1.165, 1.54) is 26.0 Å². The number of halogens is 3.